The second-order valence-electron chi connectivity index (χ2n) is 4.72. The molecule has 0 spiro atoms. The molecule has 0 bridgehead atoms. The Bertz CT molecular complexity index is 503. The normalized spacial score (nSPS) is 16.4. The first-order valence-corrected chi connectivity index (χ1v) is 6.07. The second-order valence-corrected chi connectivity index (χ2v) is 4.72. The topological polar surface area (TPSA) is 79.0 Å². The summed E-state index contributed by atoms with van der Waals surface area (Å²) >= 11 is 0. The van der Waals surface area contributed by atoms with E-state index in [1.807, 2.05) is 13.0 Å². The third-order valence-corrected chi connectivity index (χ3v) is 3.56. The molecule has 0 heterocycles. The van der Waals surface area contributed by atoms with E-state index in [1.54, 1.807) is 12.1 Å². The third kappa shape index (κ3) is 2.43. The van der Waals surface area contributed by atoms with E-state index < -0.39 is 4.92 Å². The highest BCUT2D eigenvalue weighted by molar-refractivity contribution is 5.64. The number of nitro benzene ring substituents is 1. The first-order valence-electron chi connectivity index (χ1n) is 6.07. The molecule has 1 N–H and O–H groups in total. The number of rotatable bonds is 4. The van der Waals surface area contributed by atoms with E-state index in [0.717, 1.165) is 0 Å². The minimum atomic E-state index is -0.448. The smallest absolute Gasteiger partial charge is 0.293 e. The first-order chi connectivity index (χ1) is 8.61. The number of anilines is 1. The van der Waals surface area contributed by atoms with Crippen molar-refractivity contribution in [1.29, 1.82) is 5.26 Å². The number of hydrogen-bond donors (Lipinski definition) is 1. The summed E-state index contributed by atoms with van der Waals surface area (Å²) in [7, 11) is 0. The van der Waals surface area contributed by atoms with Crippen molar-refractivity contribution in [3.63, 3.8) is 0 Å². The van der Waals surface area contributed by atoms with Crippen molar-refractivity contribution < 1.29 is 4.92 Å². The van der Waals surface area contributed by atoms with Gasteiger partial charge in [-0.3, -0.25) is 10.1 Å². The fourth-order valence-corrected chi connectivity index (χ4v) is 2.18. The van der Waals surface area contributed by atoms with Crippen LogP contribution in [-0.4, -0.2) is 11.0 Å². The average molecular weight is 245 g/mol. The average Bonchev–Trinajstić information content (AvgIpc) is 2.26. The van der Waals surface area contributed by atoms with Crippen molar-refractivity contribution in [3.8, 4) is 6.07 Å². The van der Waals surface area contributed by atoms with Crippen molar-refractivity contribution in [2.75, 3.05) is 5.32 Å². The highest BCUT2D eigenvalue weighted by Gasteiger charge is 2.25. The molecule has 1 saturated carbocycles. The monoisotopic (exact) mass is 245 g/mol. The van der Waals surface area contributed by atoms with Gasteiger partial charge in [0, 0.05) is 12.1 Å². The highest BCUT2D eigenvalue weighted by Crippen LogP contribution is 2.33. The molecule has 1 unspecified atom stereocenters. The maximum absolute atomic E-state index is 11.0. The summed E-state index contributed by atoms with van der Waals surface area (Å²) in [4.78, 5) is 10.5. The van der Waals surface area contributed by atoms with Crippen LogP contribution in [0.3, 0.4) is 0 Å². The SMILES string of the molecule is CC(Nc1ccc(C#N)cc1[N+](=O)[O-])C1CCC1. The summed E-state index contributed by atoms with van der Waals surface area (Å²) in [6, 6.07) is 6.68. The van der Waals surface area contributed by atoms with Crippen LogP contribution in [0.15, 0.2) is 18.2 Å². The maximum Gasteiger partial charge on any atom is 0.293 e. The molecule has 1 aliphatic carbocycles. The Balaban J connectivity index is 2.21. The molecule has 0 radical (unpaired) electrons. The van der Waals surface area contributed by atoms with Crippen LogP contribution < -0.4 is 5.32 Å². The minimum Gasteiger partial charge on any atom is -0.377 e. The molecule has 1 atom stereocenters. The Morgan fingerprint density at radius 1 is 1.56 bits per heavy atom. The minimum absolute atomic E-state index is 0.0276. The Morgan fingerprint density at radius 2 is 2.28 bits per heavy atom. The molecule has 1 aliphatic rings. The molecule has 1 aromatic rings. The van der Waals surface area contributed by atoms with E-state index in [9.17, 15) is 10.1 Å². The maximum atomic E-state index is 11.0. The number of nitrogens with zero attached hydrogens (tertiary/aromatic N) is 2. The van der Waals surface area contributed by atoms with E-state index in [0.29, 0.717) is 17.2 Å². The van der Waals surface area contributed by atoms with Crippen molar-refractivity contribution in [1.82, 2.24) is 0 Å². The van der Waals surface area contributed by atoms with E-state index in [2.05, 4.69) is 5.32 Å². The summed E-state index contributed by atoms with van der Waals surface area (Å²) in [6.45, 7) is 2.05. The molecule has 5 heteroatoms. The van der Waals surface area contributed by atoms with Gasteiger partial charge in [0.1, 0.15) is 5.69 Å². The van der Waals surface area contributed by atoms with E-state index in [-0.39, 0.29) is 11.7 Å². The standard InChI is InChI=1S/C13H15N3O2/c1-9(11-3-2-4-11)15-12-6-5-10(8-14)7-13(12)16(17)18/h5-7,9,11,15H,2-4H2,1H3. The zero-order valence-electron chi connectivity index (χ0n) is 10.2. The lowest BCUT2D eigenvalue weighted by Crippen LogP contribution is -2.31. The molecule has 1 aromatic carbocycles. The van der Waals surface area contributed by atoms with Gasteiger partial charge < -0.3 is 5.32 Å². The first kappa shape index (κ1) is 12.4. The van der Waals surface area contributed by atoms with E-state index in [4.69, 9.17) is 5.26 Å². The van der Waals surface area contributed by atoms with Crippen LogP contribution in [0.1, 0.15) is 31.7 Å². The molecule has 1 fully saturated rings. The summed E-state index contributed by atoms with van der Waals surface area (Å²) in [6.07, 6.45) is 3.60. The molecule has 0 amide bonds. The number of nitro groups is 1. The van der Waals surface area contributed by atoms with Crippen molar-refractivity contribution in [2.24, 2.45) is 5.92 Å². The predicted molar refractivity (Wildman–Crippen MR) is 68.2 cm³/mol. The van der Waals surface area contributed by atoms with Gasteiger partial charge in [-0.25, -0.2) is 0 Å². The van der Waals surface area contributed by atoms with Gasteiger partial charge in [0.2, 0.25) is 0 Å². The van der Waals surface area contributed by atoms with Gasteiger partial charge in [0.15, 0.2) is 0 Å². The lowest BCUT2D eigenvalue weighted by atomic mass is 9.80. The van der Waals surface area contributed by atoms with Crippen LogP contribution >= 0.6 is 0 Å². The Kier molecular flexibility index (Phi) is 3.47. The molecule has 0 aliphatic heterocycles. The Morgan fingerprint density at radius 3 is 2.78 bits per heavy atom. The van der Waals surface area contributed by atoms with Crippen LogP contribution in [-0.2, 0) is 0 Å². The van der Waals surface area contributed by atoms with Crippen LogP contribution in [0.2, 0.25) is 0 Å². The molecule has 0 aromatic heterocycles. The van der Waals surface area contributed by atoms with Crippen molar-refractivity contribution in [3.05, 3.63) is 33.9 Å². The number of nitrogens with one attached hydrogen (secondary N) is 1. The van der Waals surface area contributed by atoms with Gasteiger partial charge in [-0.1, -0.05) is 6.42 Å². The van der Waals surface area contributed by atoms with Crippen LogP contribution in [0.25, 0.3) is 0 Å². The Labute approximate surface area is 106 Å². The van der Waals surface area contributed by atoms with Gasteiger partial charge in [-0.15, -0.1) is 0 Å². The number of hydrogen-bond acceptors (Lipinski definition) is 4. The van der Waals surface area contributed by atoms with Gasteiger partial charge in [0.05, 0.1) is 16.6 Å². The summed E-state index contributed by atoms with van der Waals surface area (Å²) in [5.74, 6) is 0.597. The van der Waals surface area contributed by atoms with Crippen LogP contribution in [0.5, 0.6) is 0 Å². The zero-order valence-corrected chi connectivity index (χ0v) is 10.2. The number of nitriles is 1. The molecular weight excluding hydrogens is 230 g/mol. The zero-order chi connectivity index (χ0) is 13.1. The van der Waals surface area contributed by atoms with Crippen LogP contribution in [0, 0.1) is 27.4 Å². The molecular formula is C13H15N3O2. The molecule has 0 saturated heterocycles. The molecule has 94 valence electrons. The quantitative estimate of drug-likeness (QED) is 0.653. The predicted octanol–water partition coefficient (Wildman–Crippen LogP) is 3.07. The van der Waals surface area contributed by atoms with Crippen molar-refractivity contribution in [2.45, 2.75) is 32.2 Å². The molecule has 2 rings (SSSR count). The Hall–Kier alpha value is -2.09. The van der Waals surface area contributed by atoms with Crippen molar-refractivity contribution >= 4 is 11.4 Å². The van der Waals surface area contributed by atoms with E-state index >= 15 is 0 Å². The third-order valence-electron chi connectivity index (χ3n) is 3.56. The summed E-state index contributed by atoms with van der Waals surface area (Å²) in [5, 5.41) is 22.9. The summed E-state index contributed by atoms with van der Waals surface area (Å²) in [5.41, 5.74) is 0.780. The lowest BCUT2D eigenvalue weighted by molar-refractivity contribution is -0.384. The van der Waals surface area contributed by atoms with Gasteiger partial charge >= 0.3 is 0 Å². The fourth-order valence-electron chi connectivity index (χ4n) is 2.18. The highest BCUT2D eigenvalue weighted by atomic mass is 16.6. The molecule has 18 heavy (non-hydrogen) atoms. The second kappa shape index (κ2) is 5.05. The van der Waals surface area contributed by atoms with Gasteiger partial charge in [-0.05, 0) is 37.8 Å². The lowest BCUT2D eigenvalue weighted by Gasteiger charge is -2.32. The fraction of sp³-hybridized carbons (Fsp3) is 0.462. The van der Waals surface area contributed by atoms with E-state index in [1.165, 1.54) is 25.3 Å². The summed E-state index contributed by atoms with van der Waals surface area (Å²) < 4.78 is 0. The largest absolute Gasteiger partial charge is 0.377 e. The molecule has 5 nitrogen and oxygen atoms in total. The van der Waals surface area contributed by atoms with Crippen LogP contribution in [0.4, 0.5) is 11.4 Å². The number of benzene rings is 1. The van der Waals surface area contributed by atoms with Gasteiger partial charge in [0.25, 0.3) is 5.69 Å². The van der Waals surface area contributed by atoms with Gasteiger partial charge in [-0.2, -0.15) is 5.26 Å².